The highest BCUT2D eigenvalue weighted by Crippen LogP contribution is 2.10. The summed E-state index contributed by atoms with van der Waals surface area (Å²) in [5.74, 6) is -3.09. The molecule has 10 heteroatoms. The van der Waals surface area contributed by atoms with Gasteiger partial charge < -0.3 is 32.5 Å². The summed E-state index contributed by atoms with van der Waals surface area (Å²) in [4.78, 5) is 50.8. The smallest absolute Gasteiger partial charge is 0.326 e. The molecule has 0 bridgehead atoms. The number of benzene rings is 1. The number of hydrogen-bond acceptors (Lipinski definition) is 6. The summed E-state index contributed by atoms with van der Waals surface area (Å²) in [5.41, 5.74) is 12.3. The lowest BCUT2D eigenvalue weighted by molar-refractivity contribution is -0.142. The molecule has 0 saturated carbocycles. The molecule has 0 heterocycles. The van der Waals surface area contributed by atoms with Crippen molar-refractivity contribution in [2.75, 3.05) is 6.54 Å². The molecule has 10 nitrogen and oxygen atoms in total. The first-order valence-corrected chi connectivity index (χ1v) is 12.6. The number of carboxylic acids is 1. The van der Waals surface area contributed by atoms with E-state index in [1.807, 2.05) is 44.2 Å². The van der Waals surface area contributed by atoms with Gasteiger partial charge in [-0.25, -0.2) is 4.79 Å². The van der Waals surface area contributed by atoms with Gasteiger partial charge in [0.1, 0.15) is 18.1 Å². The molecule has 1 aromatic rings. The van der Waals surface area contributed by atoms with Crippen molar-refractivity contribution in [3.8, 4) is 0 Å². The van der Waals surface area contributed by atoms with Gasteiger partial charge in [-0.15, -0.1) is 0 Å². The van der Waals surface area contributed by atoms with Gasteiger partial charge in [0.05, 0.1) is 6.04 Å². The van der Waals surface area contributed by atoms with Crippen molar-refractivity contribution in [1.29, 1.82) is 0 Å². The molecule has 0 radical (unpaired) electrons. The van der Waals surface area contributed by atoms with Gasteiger partial charge in [0, 0.05) is 6.42 Å². The third kappa shape index (κ3) is 10.3. The summed E-state index contributed by atoms with van der Waals surface area (Å²) in [6, 6.07) is 5.25. The Morgan fingerprint density at radius 1 is 0.889 bits per heavy atom. The van der Waals surface area contributed by atoms with Gasteiger partial charge >= 0.3 is 5.97 Å². The molecule has 1 rings (SSSR count). The molecule has 3 amide bonds. The third-order valence-electron chi connectivity index (χ3n) is 6.28. The summed E-state index contributed by atoms with van der Waals surface area (Å²) in [6.45, 7) is 7.78. The van der Waals surface area contributed by atoms with Gasteiger partial charge in [-0.05, 0) is 43.2 Å². The van der Waals surface area contributed by atoms with E-state index >= 15 is 0 Å². The van der Waals surface area contributed by atoms with Crippen molar-refractivity contribution in [3.63, 3.8) is 0 Å². The van der Waals surface area contributed by atoms with Crippen LogP contribution in [0.3, 0.4) is 0 Å². The summed E-state index contributed by atoms with van der Waals surface area (Å²) >= 11 is 0. The first kappa shape index (κ1) is 31.1. The molecule has 0 fully saturated rings. The highest BCUT2D eigenvalue weighted by atomic mass is 16.4. The molecule has 36 heavy (non-hydrogen) atoms. The Labute approximate surface area is 213 Å². The summed E-state index contributed by atoms with van der Waals surface area (Å²) < 4.78 is 0. The molecule has 0 aliphatic heterocycles. The van der Waals surface area contributed by atoms with E-state index in [4.69, 9.17) is 11.5 Å². The van der Waals surface area contributed by atoms with Gasteiger partial charge in [-0.3, -0.25) is 14.4 Å². The SMILES string of the molecule is CCC(C)C(N)C(=O)NC(C(=O)NC(Cc1ccccc1)C(=O)NC(CCCCN)C(=O)O)C(C)C. The number of hydrogen-bond donors (Lipinski definition) is 6. The number of carboxylic acid groups (broad SMARTS) is 1. The molecule has 0 aromatic heterocycles. The molecule has 1 aromatic carbocycles. The van der Waals surface area contributed by atoms with Gasteiger partial charge in [0.15, 0.2) is 0 Å². The van der Waals surface area contributed by atoms with E-state index in [-0.39, 0.29) is 24.7 Å². The molecule has 0 saturated heterocycles. The zero-order chi connectivity index (χ0) is 27.3. The minimum absolute atomic E-state index is 0.0651. The van der Waals surface area contributed by atoms with Crippen molar-refractivity contribution >= 4 is 23.7 Å². The third-order valence-corrected chi connectivity index (χ3v) is 6.28. The lowest BCUT2D eigenvalue weighted by Crippen LogP contribution is -2.59. The summed E-state index contributed by atoms with van der Waals surface area (Å²) in [7, 11) is 0. The number of nitrogens with one attached hydrogen (secondary N) is 3. The molecule has 5 atom stereocenters. The van der Waals surface area contributed by atoms with Crippen LogP contribution in [0.15, 0.2) is 30.3 Å². The first-order chi connectivity index (χ1) is 17.0. The quantitative estimate of drug-likeness (QED) is 0.181. The van der Waals surface area contributed by atoms with Crippen molar-refractivity contribution in [2.24, 2.45) is 23.3 Å². The molecular formula is C26H43N5O5. The zero-order valence-corrected chi connectivity index (χ0v) is 21.8. The van der Waals surface area contributed by atoms with Crippen LogP contribution in [-0.2, 0) is 25.6 Å². The predicted octanol–water partition coefficient (Wildman–Crippen LogP) is 0.927. The first-order valence-electron chi connectivity index (χ1n) is 12.6. The zero-order valence-electron chi connectivity index (χ0n) is 21.8. The second-order valence-electron chi connectivity index (χ2n) is 9.58. The molecule has 0 spiro atoms. The Bertz CT molecular complexity index is 848. The minimum Gasteiger partial charge on any atom is -0.480 e. The van der Waals surface area contributed by atoms with E-state index in [9.17, 15) is 24.3 Å². The number of aliphatic carboxylic acids is 1. The number of unbranched alkanes of at least 4 members (excludes halogenated alkanes) is 1. The highest BCUT2D eigenvalue weighted by Gasteiger charge is 2.32. The maximum absolute atomic E-state index is 13.2. The fourth-order valence-electron chi connectivity index (χ4n) is 3.64. The topological polar surface area (TPSA) is 177 Å². The van der Waals surface area contributed by atoms with Crippen LogP contribution in [0.1, 0.15) is 58.9 Å². The second-order valence-corrected chi connectivity index (χ2v) is 9.58. The fourth-order valence-corrected chi connectivity index (χ4v) is 3.64. The average molecular weight is 506 g/mol. The molecule has 202 valence electrons. The van der Waals surface area contributed by atoms with Crippen LogP contribution in [0, 0.1) is 11.8 Å². The van der Waals surface area contributed by atoms with E-state index in [1.54, 1.807) is 13.8 Å². The van der Waals surface area contributed by atoms with E-state index in [0.29, 0.717) is 25.8 Å². The Kier molecular flexibility index (Phi) is 13.7. The molecular weight excluding hydrogens is 462 g/mol. The number of nitrogens with two attached hydrogens (primary N) is 2. The van der Waals surface area contributed by atoms with Gasteiger partial charge in [-0.2, -0.15) is 0 Å². The largest absolute Gasteiger partial charge is 0.480 e. The van der Waals surface area contributed by atoms with Crippen LogP contribution in [-0.4, -0.2) is 59.5 Å². The van der Waals surface area contributed by atoms with Crippen molar-refractivity contribution < 1.29 is 24.3 Å². The van der Waals surface area contributed by atoms with E-state index in [2.05, 4.69) is 16.0 Å². The highest BCUT2D eigenvalue weighted by molar-refractivity contribution is 5.94. The lowest BCUT2D eigenvalue weighted by atomic mass is 9.97. The number of carbonyl (C=O) groups is 4. The Morgan fingerprint density at radius 2 is 1.50 bits per heavy atom. The number of rotatable bonds is 16. The van der Waals surface area contributed by atoms with Gasteiger partial charge in [0.2, 0.25) is 17.7 Å². The fraction of sp³-hybridized carbons (Fsp3) is 0.615. The number of carbonyl (C=O) groups excluding carboxylic acids is 3. The normalized spacial score (nSPS) is 15.3. The molecule has 0 aliphatic rings. The second kappa shape index (κ2) is 15.9. The predicted molar refractivity (Wildman–Crippen MR) is 139 cm³/mol. The van der Waals surface area contributed by atoms with Crippen molar-refractivity contribution in [2.45, 2.75) is 84.0 Å². The molecule has 5 unspecified atom stereocenters. The van der Waals surface area contributed by atoms with E-state index in [0.717, 1.165) is 5.56 Å². The lowest BCUT2D eigenvalue weighted by Gasteiger charge is -2.28. The number of amides is 3. The molecule has 8 N–H and O–H groups in total. The standard InChI is InChI=1S/C26H43N5O5/c1-5-17(4)21(28)24(33)31-22(16(2)3)25(34)30-20(15-18-11-7-6-8-12-18)23(32)29-19(26(35)36)13-9-10-14-27/h6-8,11-12,16-17,19-22H,5,9-10,13-15,27-28H2,1-4H3,(H,29,32)(H,30,34)(H,31,33)(H,35,36). The van der Waals surface area contributed by atoms with Gasteiger partial charge in [0.25, 0.3) is 0 Å². The molecule has 0 aliphatic carbocycles. The van der Waals surface area contributed by atoms with Crippen LogP contribution >= 0.6 is 0 Å². The maximum Gasteiger partial charge on any atom is 0.326 e. The summed E-state index contributed by atoms with van der Waals surface area (Å²) in [5, 5.41) is 17.6. The van der Waals surface area contributed by atoms with Crippen LogP contribution < -0.4 is 27.4 Å². The van der Waals surface area contributed by atoms with E-state index < -0.39 is 47.9 Å². The minimum atomic E-state index is -1.16. The van der Waals surface area contributed by atoms with Crippen molar-refractivity contribution in [1.82, 2.24) is 16.0 Å². The Balaban J connectivity index is 3.07. The van der Waals surface area contributed by atoms with Gasteiger partial charge in [-0.1, -0.05) is 64.4 Å². The van der Waals surface area contributed by atoms with Crippen LogP contribution in [0.2, 0.25) is 0 Å². The Morgan fingerprint density at radius 3 is 2.03 bits per heavy atom. The van der Waals surface area contributed by atoms with E-state index in [1.165, 1.54) is 0 Å². The van der Waals surface area contributed by atoms with Crippen LogP contribution in [0.4, 0.5) is 0 Å². The van der Waals surface area contributed by atoms with Crippen LogP contribution in [0.5, 0.6) is 0 Å². The van der Waals surface area contributed by atoms with Crippen LogP contribution in [0.25, 0.3) is 0 Å². The summed E-state index contributed by atoms with van der Waals surface area (Å²) in [6.07, 6.45) is 2.27. The average Bonchev–Trinajstić information content (AvgIpc) is 2.85. The Hall–Kier alpha value is -2.98. The van der Waals surface area contributed by atoms with Crippen molar-refractivity contribution in [3.05, 3.63) is 35.9 Å². The maximum atomic E-state index is 13.2. The monoisotopic (exact) mass is 505 g/mol.